The van der Waals surface area contributed by atoms with Crippen LogP contribution < -0.4 is 4.74 Å². The van der Waals surface area contributed by atoms with Crippen LogP contribution in [-0.2, 0) is 9.53 Å². The second-order valence-corrected chi connectivity index (χ2v) is 3.78. The topological polar surface area (TPSA) is 64.2 Å². The van der Waals surface area contributed by atoms with Gasteiger partial charge in [0, 0.05) is 11.8 Å². The fraction of sp³-hybridized carbons (Fsp3) is 0.231. The van der Waals surface area contributed by atoms with Gasteiger partial charge in [0.2, 0.25) is 0 Å². The molecule has 0 saturated heterocycles. The molecule has 1 aromatic carbocycles. The summed E-state index contributed by atoms with van der Waals surface area (Å²) < 4.78 is 10.1. The Morgan fingerprint density at radius 1 is 1.39 bits per heavy atom. The van der Waals surface area contributed by atoms with Gasteiger partial charge in [0.15, 0.2) is 6.10 Å². The second-order valence-electron chi connectivity index (χ2n) is 3.78. The number of hydrogen-bond donors (Lipinski definition) is 1. The molecule has 94 valence electrons. The Bertz CT molecular complexity index is 523. The van der Waals surface area contributed by atoms with Gasteiger partial charge < -0.3 is 9.47 Å². The average Bonchev–Trinajstić information content (AvgIpc) is 2.92. The molecule has 2 aromatic rings. The third-order valence-corrected chi connectivity index (χ3v) is 2.49. The summed E-state index contributed by atoms with van der Waals surface area (Å²) in [4.78, 5) is 11.3. The predicted molar refractivity (Wildman–Crippen MR) is 66.1 cm³/mol. The van der Waals surface area contributed by atoms with Crippen molar-refractivity contribution in [2.45, 2.75) is 13.0 Å². The lowest BCUT2D eigenvalue weighted by atomic mass is 10.1. The van der Waals surface area contributed by atoms with E-state index in [0.29, 0.717) is 5.75 Å². The number of H-pyrrole nitrogens is 1. The fourth-order valence-corrected chi connectivity index (χ4v) is 1.57. The smallest absolute Gasteiger partial charge is 0.346 e. The summed E-state index contributed by atoms with van der Waals surface area (Å²) in [5.41, 5.74) is 1.84. The normalized spacial score (nSPS) is 11.9. The predicted octanol–water partition coefficient (Wildman–Crippen LogP) is 2.02. The highest BCUT2D eigenvalue weighted by molar-refractivity contribution is 5.74. The molecule has 1 unspecified atom stereocenters. The number of hydrogen-bond acceptors (Lipinski definition) is 4. The van der Waals surface area contributed by atoms with Crippen LogP contribution in [0.1, 0.15) is 6.92 Å². The molecule has 0 saturated carbocycles. The molecule has 5 nitrogen and oxygen atoms in total. The lowest BCUT2D eigenvalue weighted by molar-refractivity contribution is -0.147. The van der Waals surface area contributed by atoms with Gasteiger partial charge in [-0.15, -0.1) is 0 Å². The highest BCUT2D eigenvalue weighted by atomic mass is 16.6. The van der Waals surface area contributed by atoms with Crippen molar-refractivity contribution < 1.29 is 14.3 Å². The van der Waals surface area contributed by atoms with Gasteiger partial charge in [-0.25, -0.2) is 4.79 Å². The number of methoxy groups -OCH3 is 1. The molecule has 0 aliphatic heterocycles. The van der Waals surface area contributed by atoms with Gasteiger partial charge in [0.05, 0.1) is 12.8 Å². The van der Waals surface area contributed by atoms with Gasteiger partial charge in [0.1, 0.15) is 5.75 Å². The Kier molecular flexibility index (Phi) is 3.62. The first-order valence-electron chi connectivity index (χ1n) is 5.55. The second kappa shape index (κ2) is 5.35. The van der Waals surface area contributed by atoms with Gasteiger partial charge in [-0.05, 0) is 25.1 Å². The number of ether oxygens (including phenoxy) is 2. The fourth-order valence-electron chi connectivity index (χ4n) is 1.57. The molecule has 0 spiro atoms. The van der Waals surface area contributed by atoms with Gasteiger partial charge in [-0.1, -0.05) is 12.1 Å². The molecular formula is C13H14N2O3. The van der Waals surface area contributed by atoms with Crippen LogP contribution in [0.3, 0.4) is 0 Å². The first-order chi connectivity index (χ1) is 8.70. The van der Waals surface area contributed by atoms with Crippen LogP contribution in [0, 0.1) is 0 Å². The molecule has 1 atom stereocenters. The number of aromatic amines is 1. The third-order valence-electron chi connectivity index (χ3n) is 2.49. The van der Waals surface area contributed by atoms with E-state index in [2.05, 4.69) is 14.9 Å². The van der Waals surface area contributed by atoms with Crippen molar-refractivity contribution in [1.82, 2.24) is 10.2 Å². The Balaban J connectivity index is 2.15. The number of esters is 1. The van der Waals surface area contributed by atoms with E-state index in [-0.39, 0.29) is 0 Å². The van der Waals surface area contributed by atoms with Gasteiger partial charge in [-0.3, -0.25) is 5.10 Å². The highest BCUT2D eigenvalue weighted by Crippen LogP contribution is 2.22. The van der Waals surface area contributed by atoms with E-state index in [4.69, 9.17) is 4.74 Å². The molecule has 18 heavy (non-hydrogen) atoms. The summed E-state index contributed by atoms with van der Waals surface area (Å²) in [5.74, 6) is 0.210. The molecule has 0 fully saturated rings. The van der Waals surface area contributed by atoms with Crippen molar-refractivity contribution in [3.8, 4) is 17.0 Å². The Labute approximate surface area is 105 Å². The third kappa shape index (κ3) is 2.68. The summed E-state index contributed by atoms with van der Waals surface area (Å²) in [6, 6.07) is 9.29. The Hall–Kier alpha value is -2.30. The number of aromatic nitrogens is 2. The molecule has 0 aliphatic carbocycles. The molecule has 0 aliphatic rings. The van der Waals surface area contributed by atoms with E-state index in [0.717, 1.165) is 11.3 Å². The summed E-state index contributed by atoms with van der Waals surface area (Å²) in [7, 11) is 1.34. The summed E-state index contributed by atoms with van der Waals surface area (Å²) in [6.45, 7) is 1.65. The largest absolute Gasteiger partial charge is 0.479 e. The van der Waals surface area contributed by atoms with Crippen LogP contribution >= 0.6 is 0 Å². The van der Waals surface area contributed by atoms with Crippen molar-refractivity contribution in [1.29, 1.82) is 0 Å². The first kappa shape index (κ1) is 12.2. The molecule has 0 bridgehead atoms. The SMILES string of the molecule is COC(=O)C(C)Oc1cccc(-c2ccn[nH]2)c1. The van der Waals surface area contributed by atoms with Crippen molar-refractivity contribution in [2.24, 2.45) is 0 Å². The maximum Gasteiger partial charge on any atom is 0.346 e. The molecule has 0 amide bonds. The van der Waals surface area contributed by atoms with Gasteiger partial charge in [0.25, 0.3) is 0 Å². The molecule has 5 heteroatoms. The van der Waals surface area contributed by atoms with Crippen molar-refractivity contribution in [2.75, 3.05) is 7.11 Å². The van der Waals surface area contributed by atoms with Crippen LogP contribution in [-0.4, -0.2) is 29.4 Å². The molecule has 1 heterocycles. The number of nitrogens with zero attached hydrogens (tertiary/aromatic N) is 1. The Morgan fingerprint density at radius 2 is 2.22 bits per heavy atom. The van der Waals surface area contributed by atoms with E-state index in [1.54, 1.807) is 19.2 Å². The van der Waals surface area contributed by atoms with E-state index in [1.807, 2.05) is 24.3 Å². The van der Waals surface area contributed by atoms with Crippen LogP contribution in [0.4, 0.5) is 0 Å². The minimum absolute atomic E-state index is 0.401. The molecule has 0 radical (unpaired) electrons. The maximum absolute atomic E-state index is 11.3. The Morgan fingerprint density at radius 3 is 2.89 bits per heavy atom. The maximum atomic E-state index is 11.3. The number of carbonyl (C=O) groups excluding carboxylic acids is 1. The average molecular weight is 246 g/mol. The van der Waals surface area contributed by atoms with Crippen molar-refractivity contribution >= 4 is 5.97 Å². The lowest BCUT2D eigenvalue weighted by Gasteiger charge is -2.12. The van der Waals surface area contributed by atoms with Crippen molar-refractivity contribution in [3.05, 3.63) is 36.5 Å². The van der Waals surface area contributed by atoms with Gasteiger partial charge >= 0.3 is 5.97 Å². The quantitative estimate of drug-likeness (QED) is 0.838. The van der Waals surface area contributed by atoms with E-state index >= 15 is 0 Å². The minimum Gasteiger partial charge on any atom is -0.479 e. The standard InChI is InChI=1S/C13H14N2O3/c1-9(13(16)17-2)18-11-5-3-4-10(8-11)12-6-7-14-15-12/h3-9H,1-2H3,(H,14,15). The molecule has 2 rings (SSSR count). The zero-order chi connectivity index (χ0) is 13.0. The number of rotatable bonds is 4. The summed E-state index contributed by atoms with van der Waals surface area (Å²) >= 11 is 0. The molecule has 1 N–H and O–H groups in total. The molecule has 1 aromatic heterocycles. The lowest BCUT2D eigenvalue weighted by Crippen LogP contribution is -2.24. The minimum atomic E-state index is -0.632. The van der Waals surface area contributed by atoms with E-state index in [1.165, 1.54) is 7.11 Å². The van der Waals surface area contributed by atoms with E-state index < -0.39 is 12.1 Å². The van der Waals surface area contributed by atoms with Crippen molar-refractivity contribution in [3.63, 3.8) is 0 Å². The number of benzene rings is 1. The number of carbonyl (C=O) groups is 1. The van der Waals surface area contributed by atoms with Crippen LogP contribution in [0.2, 0.25) is 0 Å². The van der Waals surface area contributed by atoms with Crippen LogP contribution in [0.5, 0.6) is 5.75 Å². The van der Waals surface area contributed by atoms with Crippen LogP contribution in [0.25, 0.3) is 11.3 Å². The zero-order valence-electron chi connectivity index (χ0n) is 10.2. The monoisotopic (exact) mass is 246 g/mol. The van der Waals surface area contributed by atoms with Crippen LogP contribution in [0.15, 0.2) is 36.5 Å². The summed E-state index contributed by atoms with van der Waals surface area (Å²) in [6.07, 6.45) is 1.05. The highest BCUT2D eigenvalue weighted by Gasteiger charge is 2.14. The van der Waals surface area contributed by atoms with Gasteiger partial charge in [-0.2, -0.15) is 5.10 Å². The first-order valence-corrected chi connectivity index (χ1v) is 5.55. The zero-order valence-corrected chi connectivity index (χ0v) is 10.2. The van der Waals surface area contributed by atoms with E-state index in [9.17, 15) is 4.79 Å². The summed E-state index contributed by atoms with van der Waals surface area (Å²) in [5, 5.41) is 6.76. The number of nitrogens with one attached hydrogen (secondary N) is 1. The molecular weight excluding hydrogens is 232 g/mol.